The molecule has 10 heavy (non-hydrogen) atoms. The summed E-state index contributed by atoms with van der Waals surface area (Å²) >= 11 is 0. The van der Waals surface area contributed by atoms with E-state index < -0.39 is 12.2 Å². The Hall–Kier alpha value is -0.740. The number of hydrogen-bond acceptors (Lipinski definition) is 2. The van der Waals surface area contributed by atoms with Crippen LogP contribution in [0.5, 0.6) is 0 Å². The smallest absolute Gasteiger partial charge is 0.129 e. The molecule has 0 heterocycles. The highest BCUT2D eigenvalue weighted by Crippen LogP contribution is 2.00. The second-order valence-electron chi connectivity index (χ2n) is 1.88. The molecule has 0 aromatic carbocycles. The highest BCUT2D eigenvalue weighted by molar-refractivity contribution is 5.52. The summed E-state index contributed by atoms with van der Waals surface area (Å²) < 4.78 is 0. The van der Waals surface area contributed by atoms with E-state index in [2.05, 4.69) is 0 Å². The summed E-state index contributed by atoms with van der Waals surface area (Å²) in [6, 6.07) is 0. The fourth-order valence-corrected chi connectivity index (χ4v) is 0.493. The molecule has 4 heteroatoms. The van der Waals surface area contributed by atoms with Crippen LogP contribution in [0.3, 0.4) is 0 Å². The molecular weight excluding hydrogens is 136 g/mol. The molecule has 0 spiro atoms. The zero-order valence-electron chi connectivity index (χ0n) is 5.36. The maximum Gasteiger partial charge on any atom is 0.129 e. The zero-order valence-corrected chi connectivity index (χ0v) is 5.36. The van der Waals surface area contributed by atoms with Gasteiger partial charge in [0.25, 0.3) is 0 Å². The molecule has 0 aliphatic heterocycles. The fourth-order valence-electron chi connectivity index (χ4n) is 0.493. The van der Waals surface area contributed by atoms with Gasteiger partial charge >= 0.3 is 0 Å². The number of carbonyl (C=O) groups excluding carboxylic acids is 2. The average Bonchev–Trinajstić information content (AvgIpc) is 1.89. The van der Waals surface area contributed by atoms with Gasteiger partial charge in [-0.25, -0.2) is 10.2 Å². The van der Waals surface area contributed by atoms with Crippen molar-refractivity contribution in [2.24, 2.45) is 0 Å². The molecule has 0 saturated heterocycles. The molecule has 56 valence electrons. The summed E-state index contributed by atoms with van der Waals surface area (Å²) in [6.45, 7) is 0. The van der Waals surface area contributed by atoms with Crippen molar-refractivity contribution in [3.05, 3.63) is 0 Å². The van der Waals surface area contributed by atoms with Gasteiger partial charge < -0.3 is 9.59 Å². The first kappa shape index (κ1) is 9.26. The third kappa shape index (κ3) is 3.32. The largest absolute Gasteiger partial charge is 0.303 e. The molecule has 2 radical (unpaired) electrons. The SMILES string of the molecule is [O]C(CC=O)C([O])CC=O. The van der Waals surface area contributed by atoms with Gasteiger partial charge in [-0.05, 0) is 0 Å². The highest BCUT2D eigenvalue weighted by Gasteiger charge is 2.18. The summed E-state index contributed by atoms with van der Waals surface area (Å²) in [5, 5.41) is 21.0. The molecule has 0 aliphatic rings. The van der Waals surface area contributed by atoms with Gasteiger partial charge in [-0.15, -0.1) is 0 Å². The molecule has 0 rings (SSSR count). The van der Waals surface area contributed by atoms with Crippen LogP contribution in [0.15, 0.2) is 0 Å². The minimum Gasteiger partial charge on any atom is -0.303 e. The van der Waals surface area contributed by atoms with Gasteiger partial charge in [0.15, 0.2) is 0 Å². The molecule has 4 nitrogen and oxygen atoms in total. The number of carbonyl (C=O) groups is 2. The summed E-state index contributed by atoms with van der Waals surface area (Å²) in [6.07, 6.45) is -2.75. The van der Waals surface area contributed by atoms with Crippen LogP contribution in [0.25, 0.3) is 0 Å². The van der Waals surface area contributed by atoms with E-state index in [1.54, 1.807) is 0 Å². The first-order valence-corrected chi connectivity index (χ1v) is 2.91. The summed E-state index contributed by atoms with van der Waals surface area (Å²) in [5.74, 6) is 0. The third-order valence-electron chi connectivity index (χ3n) is 1.07. The maximum absolute atomic E-state index is 10.5. The highest BCUT2D eigenvalue weighted by atomic mass is 16.3. The lowest BCUT2D eigenvalue weighted by atomic mass is 10.1. The summed E-state index contributed by atoms with van der Waals surface area (Å²) in [5.41, 5.74) is 0. The van der Waals surface area contributed by atoms with E-state index >= 15 is 0 Å². The van der Waals surface area contributed by atoms with Crippen molar-refractivity contribution >= 4 is 12.6 Å². The average molecular weight is 144 g/mol. The predicted molar refractivity (Wildman–Crippen MR) is 30.3 cm³/mol. The van der Waals surface area contributed by atoms with Crippen LogP contribution in [-0.2, 0) is 19.8 Å². The van der Waals surface area contributed by atoms with E-state index in [1.165, 1.54) is 0 Å². The van der Waals surface area contributed by atoms with E-state index in [0.717, 1.165) is 0 Å². The molecule has 0 N–H and O–H groups in total. The first-order valence-electron chi connectivity index (χ1n) is 2.91. The lowest BCUT2D eigenvalue weighted by Crippen LogP contribution is -2.23. The van der Waals surface area contributed by atoms with E-state index in [4.69, 9.17) is 0 Å². The van der Waals surface area contributed by atoms with Crippen LogP contribution in [0.2, 0.25) is 0 Å². The van der Waals surface area contributed by atoms with E-state index in [0.29, 0.717) is 12.6 Å². The van der Waals surface area contributed by atoms with Gasteiger partial charge in [0, 0.05) is 12.8 Å². The van der Waals surface area contributed by atoms with Crippen LogP contribution in [-0.4, -0.2) is 24.8 Å². The molecule has 2 unspecified atom stereocenters. The van der Waals surface area contributed by atoms with Gasteiger partial charge in [0.1, 0.15) is 24.8 Å². The standard InChI is InChI=1S/C6H8O4/c7-3-1-5(9)6(10)2-4-8/h3-6H,1-2H2. The van der Waals surface area contributed by atoms with Crippen molar-refractivity contribution in [1.29, 1.82) is 0 Å². The summed E-state index contributed by atoms with van der Waals surface area (Å²) in [7, 11) is 0. The van der Waals surface area contributed by atoms with Gasteiger partial charge in [-0.3, -0.25) is 0 Å². The van der Waals surface area contributed by atoms with Crippen molar-refractivity contribution in [1.82, 2.24) is 0 Å². The van der Waals surface area contributed by atoms with Crippen LogP contribution < -0.4 is 0 Å². The van der Waals surface area contributed by atoms with Crippen LogP contribution >= 0.6 is 0 Å². The van der Waals surface area contributed by atoms with E-state index in [9.17, 15) is 19.8 Å². The quantitative estimate of drug-likeness (QED) is 0.499. The Balaban J connectivity index is 3.56. The van der Waals surface area contributed by atoms with Crippen LogP contribution in [0, 0.1) is 0 Å². The Morgan fingerprint density at radius 3 is 1.40 bits per heavy atom. The topological polar surface area (TPSA) is 73.9 Å². The Morgan fingerprint density at radius 1 is 0.900 bits per heavy atom. The van der Waals surface area contributed by atoms with Crippen molar-refractivity contribution in [2.45, 2.75) is 25.0 Å². The fraction of sp³-hybridized carbons (Fsp3) is 0.667. The first-order chi connectivity index (χ1) is 4.72. The Bertz CT molecular complexity index is 98.3. The van der Waals surface area contributed by atoms with Crippen LogP contribution in [0.4, 0.5) is 0 Å². The van der Waals surface area contributed by atoms with E-state index in [-0.39, 0.29) is 12.8 Å². The lowest BCUT2D eigenvalue weighted by molar-refractivity contribution is -0.122. The molecule has 0 amide bonds. The zero-order chi connectivity index (χ0) is 7.98. The Kier molecular flexibility index (Phi) is 4.70. The molecule has 0 saturated carbocycles. The number of rotatable bonds is 5. The molecule has 2 atom stereocenters. The monoisotopic (exact) mass is 144 g/mol. The van der Waals surface area contributed by atoms with Gasteiger partial charge in [-0.2, -0.15) is 0 Å². The van der Waals surface area contributed by atoms with E-state index in [1.807, 2.05) is 0 Å². The summed E-state index contributed by atoms with van der Waals surface area (Å²) in [4.78, 5) is 19.4. The second kappa shape index (κ2) is 5.08. The Labute approximate surface area is 58.5 Å². The second-order valence-corrected chi connectivity index (χ2v) is 1.88. The van der Waals surface area contributed by atoms with Gasteiger partial charge in [0.2, 0.25) is 0 Å². The van der Waals surface area contributed by atoms with Crippen molar-refractivity contribution in [3.63, 3.8) is 0 Å². The van der Waals surface area contributed by atoms with Crippen LogP contribution in [0.1, 0.15) is 12.8 Å². The van der Waals surface area contributed by atoms with Crippen molar-refractivity contribution in [3.8, 4) is 0 Å². The number of aldehydes is 2. The Morgan fingerprint density at radius 2 is 1.20 bits per heavy atom. The predicted octanol–water partition coefficient (Wildman–Crippen LogP) is -0.237. The van der Waals surface area contributed by atoms with Crippen molar-refractivity contribution in [2.75, 3.05) is 0 Å². The maximum atomic E-state index is 10.5. The molecule has 0 bridgehead atoms. The molecule has 0 fully saturated rings. The van der Waals surface area contributed by atoms with Crippen molar-refractivity contribution < 1.29 is 19.8 Å². The molecular formula is C6H8O4. The third-order valence-corrected chi connectivity index (χ3v) is 1.07. The normalized spacial score (nSPS) is 15.8. The minimum atomic E-state index is -1.47. The molecule has 0 aromatic rings. The van der Waals surface area contributed by atoms with Gasteiger partial charge in [0.05, 0.1) is 0 Å². The molecule has 0 aromatic heterocycles. The minimum absolute atomic E-state index is 0.304. The lowest BCUT2D eigenvalue weighted by Gasteiger charge is -2.06. The molecule has 0 aliphatic carbocycles. The number of hydrogen-bond donors (Lipinski definition) is 0. The van der Waals surface area contributed by atoms with Gasteiger partial charge in [-0.1, -0.05) is 0 Å².